The summed E-state index contributed by atoms with van der Waals surface area (Å²) in [5.74, 6) is 0.814. The molecule has 22 heavy (non-hydrogen) atoms. The van der Waals surface area contributed by atoms with Crippen LogP contribution in [-0.4, -0.2) is 27.4 Å². The van der Waals surface area contributed by atoms with Crippen molar-refractivity contribution in [3.8, 4) is 5.75 Å². The summed E-state index contributed by atoms with van der Waals surface area (Å²) in [6.45, 7) is 0.614. The predicted octanol–water partition coefficient (Wildman–Crippen LogP) is 2.41. The first-order valence-corrected chi connectivity index (χ1v) is 7.08. The third-order valence-corrected chi connectivity index (χ3v) is 3.56. The van der Waals surface area contributed by atoms with Gasteiger partial charge in [-0.3, -0.25) is 9.48 Å². The number of carbonyl (C=O) groups is 1. The van der Waals surface area contributed by atoms with Crippen molar-refractivity contribution in [3.05, 3.63) is 42.9 Å². The first kappa shape index (κ1) is 14.2. The Bertz CT molecular complexity index is 803. The topological polar surface area (TPSA) is 61.1 Å². The molecule has 6 nitrogen and oxygen atoms in total. The molecular weight excluding hydrogens is 280 g/mol. The smallest absolute Gasteiger partial charge is 0.226 e. The first-order valence-electron chi connectivity index (χ1n) is 7.08. The second-order valence-electron chi connectivity index (χ2n) is 5.10. The van der Waals surface area contributed by atoms with Crippen LogP contribution in [0, 0.1) is 0 Å². The maximum absolute atomic E-state index is 12.0. The monoisotopic (exact) mass is 298 g/mol. The average Bonchev–Trinajstić information content (AvgIpc) is 3.11. The van der Waals surface area contributed by atoms with Crippen LogP contribution in [-0.2, 0) is 18.4 Å². The van der Waals surface area contributed by atoms with Gasteiger partial charge in [0.2, 0.25) is 5.91 Å². The molecule has 0 saturated heterocycles. The molecule has 114 valence electrons. The molecule has 0 saturated carbocycles. The van der Waals surface area contributed by atoms with Gasteiger partial charge < -0.3 is 14.6 Å². The summed E-state index contributed by atoms with van der Waals surface area (Å²) in [7, 11) is 3.47. The zero-order chi connectivity index (χ0) is 15.5. The first-order chi connectivity index (χ1) is 10.7. The second-order valence-corrected chi connectivity index (χ2v) is 5.10. The van der Waals surface area contributed by atoms with Gasteiger partial charge in [-0.2, -0.15) is 5.10 Å². The molecule has 1 N–H and O–H groups in total. The number of amides is 1. The maximum atomic E-state index is 12.0. The Balaban J connectivity index is 1.67. The fraction of sp³-hybridized carbons (Fsp3) is 0.250. The highest BCUT2D eigenvalue weighted by Gasteiger charge is 2.08. The van der Waals surface area contributed by atoms with Crippen LogP contribution < -0.4 is 10.1 Å². The lowest BCUT2D eigenvalue weighted by molar-refractivity contribution is -0.116. The highest BCUT2D eigenvalue weighted by Crippen LogP contribution is 2.26. The summed E-state index contributed by atoms with van der Waals surface area (Å²) in [5.41, 5.74) is 1.78. The van der Waals surface area contributed by atoms with Crippen LogP contribution in [0.3, 0.4) is 0 Å². The van der Waals surface area contributed by atoms with Crippen molar-refractivity contribution in [1.29, 1.82) is 0 Å². The standard InChI is InChI=1S/C16H18N4O2/c1-19-11-12(10-17-19)18-16(21)7-9-20-8-6-13-14(20)4-3-5-15(13)22-2/h3-6,8,10-11H,7,9H2,1-2H3,(H,18,21). The van der Waals surface area contributed by atoms with Gasteiger partial charge in [-0.1, -0.05) is 6.07 Å². The third kappa shape index (κ3) is 2.81. The van der Waals surface area contributed by atoms with E-state index >= 15 is 0 Å². The summed E-state index contributed by atoms with van der Waals surface area (Å²) in [6, 6.07) is 7.92. The molecule has 0 atom stereocenters. The Labute approximate surface area is 128 Å². The minimum Gasteiger partial charge on any atom is -0.496 e. The van der Waals surface area contributed by atoms with Crippen LogP contribution in [0.5, 0.6) is 5.75 Å². The van der Waals surface area contributed by atoms with Crippen LogP contribution in [0.4, 0.5) is 5.69 Å². The number of rotatable bonds is 5. The molecule has 0 aliphatic carbocycles. The van der Waals surface area contributed by atoms with E-state index in [2.05, 4.69) is 15.0 Å². The van der Waals surface area contributed by atoms with Gasteiger partial charge in [-0.25, -0.2) is 0 Å². The van der Waals surface area contributed by atoms with E-state index < -0.39 is 0 Å². The Hall–Kier alpha value is -2.76. The minimum atomic E-state index is -0.0299. The fourth-order valence-corrected chi connectivity index (χ4v) is 2.50. The van der Waals surface area contributed by atoms with E-state index in [9.17, 15) is 4.79 Å². The van der Waals surface area contributed by atoms with Gasteiger partial charge in [-0.05, 0) is 18.2 Å². The molecule has 3 rings (SSSR count). The molecule has 1 aromatic carbocycles. The van der Waals surface area contributed by atoms with Crippen LogP contribution in [0.1, 0.15) is 6.42 Å². The SMILES string of the molecule is COc1cccc2c1ccn2CCC(=O)Nc1cnn(C)c1. The van der Waals surface area contributed by atoms with E-state index in [-0.39, 0.29) is 5.91 Å². The van der Waals surface area contributed by atoms with Gasteiger partial charge in [0.05, 0.1) is 24.5 Å². The fourth-order valence-electron chi connectivity index (χ4n) is 2.50. The number of aromatic nitrogens is 3. The normalized spacial score (nSPS) is 10.8. The van der Waals surface area contributed by atoms with Gasteiger partial charge >= 0.3 is 0 Å². The molecule has 0 aliphatic rings. The van der Waals surface area contributed by atoms with Gasteiger partial charge in [-0.15, -0.1) is 0 Å². The molecule has 0 unspecified atom stereocenters. The van der Waals surface area contributed by atoms with E-state index in [4.69, 9.17) is 4.74 Å². The molecule has 3 aromatic rings. The number of methoxy groups -OCH3 is 1. The Kier molecular flexibility index (Phi) is 3.82. The van der Waals surface area contributed by atoms with E-state index in [0.717, 1.165) is 16.7 Å². The second kappa shape index (κ2) is 5.93. The van der Waals surface area contributed by atoms with E-state index in [0.29, 0.717) is 18.7 Å². The van der Waals surface area contributed by atoms with E-state index in [1.54, 1.807) is 24.2 Å². The van der Waals surface area contributed by atoms with Crippen molar-refractivity contribution >= 4 is 22.5 Å². The molecule has 0 radical (unpaired) electrons. The Morgan fingerprint density at radius 3 is 2.95 bits per heavy atom. The zero-order valence-electron chi connectivity index (χ0n) is 12.6. The number of hydrogen-bond acceptors (Lipinski definition) is 3. The number of benzene rings is 1. The molecule has 0 fully saturated rings. The van der Waals surface area contributed by atoms with Gasteiger partial charge in [0.25, 0.3) is 0 Å². The number of aryl methyl sites for hydroxylation is 2. The van der Waals surface area contributed by atoms with Gasteiger partial charge in [0.1, 0.15) is 5.75 Å². The van der Waals surface area contributed by atoms with Crippen LogP contribution in [0.15, 0.2) is 42.9 Å². The van der Waals surface area contributed by atoms with E-state index in [1.165, 1.54) is 0 Å². The predicted molar refractivity (Wildman–Crippen MR) is 84.9 cm³/mol. The summed E-state index contributed by atoms with van der Waals surface area (Å²) in [6.07, 6.45) is 5.78. The lowest BCUT2D eigenvalue weighted by Gasteiger charge is -2.07. The van der Waals surface area contributed by atoms with Crippen molar-refractivity contribution in [3.63, 3.8) is 0 Å². The molecule has 2 aromatic heterocycles. The number of nitrogens with one attached hydrogen (secondary N) is 1. The average molecular weight is 298 g/mol. The van der Waals surface area contributed by atoms with Crippen LogP contribution in [0.2, 0.25) is 0 Å². The number of carbonyl (C=O) groups excluding carboxylic acids is 1. The quantitative estimate of drug-likeness (QED) is 0.787. The molecule has 0 bridgehead atoms. The summed E-state index contributed by atoms with van der Waals surface area (Å²) in [4.78, 5) is 12.0. The molecule has 1 amide bonds. The Morgan fingerprint density at radius 2 is 2.23 bits per heavy atom. The Morgan fingerprint density at radius 1 is 1.36 bits per heavy atom. The van der Waals surface area contributed by atoms with Crippen molar-refractivity contribution in [2.75, 3.05) is 12.4 Å². The summed E-state index contributed by atoms with van der Waals surface area (Å²) in [5, 5.41) is 7.91. The van der Waals surface area contributed by atoms with Crippen molar-refractivity contribution < 1.29 is 9.53 Å². The number of fused-ring (bicyclic) bond motifs is 1. The third-order valence-electron chi connectivity index (χ3n) is 3.56. The lowest BCUT2D eigenvalue weighted by atomic mass is 10.2. The minimum absolute atomic E-state index is 0.0299. The number of nitrogens with zero attached hydrogens (tertiary/aromatic N) is 3. The van der Waals surface area contributed by atoms with Gasteiger partial charge in [0, 0.05) is 37.8 Å². The number of ether oxygens (including phenoxy) is 1. The lowest BCUT2D eigenvalue weighted by Crippen LogP contribution is -2.13. The van der Waals surface area contributed by atoms with Crippen LogP contribution in [0.25, 0.3) is 10.9 Å². The highest BCUT2D eigenvalue weighted by atomic mass is 16.5. The molecular formula is C16H18N4O2. The largest absolute Gasteiger partial charge is 0.496 e. The van der Waals surface area contributed by atoms with Crippen LogP contribution >= 0.6 is 0 Å². The maximum Gasteiger partial charge on any atom is 0.226 e. The zero-order valence-corrected chi connectivity index (χ0v) is 12.6. The van der Waals surface area contributed by atoms with E-state index in [1.807, 2.05) is 37.5 Å². The van der Waals surface area contributed by atoms with Crippen molar-refractivity contribution in [2.24, 2.45) is 7.05 Å². The molecule has 2 heterocycles. The molecule has 0 aliphatic heterocycles. The highest BCUT2D eigenvalue weighted by molar-refractivity contribution is 5.90. The molecule has 0 spiro atoms. The molecule has 6 heteroatoms. The summed E-state index contributed by atoms with van der Waals surface area (Å²) < 4.78 is 9.06. The van der Waals surface area contributed by atoms with Crippen molar-refractivity contribution in [1.82, 2.24) is 14.3 Å². The number of anilines is 1. The number of hydrogen-bond donors (Lipinski definition) is 1. The van der Waals surface area contributed by atoms with Crippen molar-refractivity contribution in [2.45, 2.75) is 13.0 Å². The van der Waals surface area contributed by atoms with Gasteiger partial charge in [0.15, 0.2) is 0 Å². The summed E-state index contributed by atoms with van der Waals surface area (Å²) >= 11 is 0.